The molecule has 0 fully saturated rings. The lowest BCUT2D eigenvalue weighted by molar-refractivity contribution is 0.0328. The van der Waals surface area contributed by atoms with Gasteiger partial charge in [-0.25, -0.2) is 4.98 Å². The van der Waals surface area contributed by atoms with Crippen LogP contribution in [0.15, 0.2) is 11.1 Å². The van der Waals surface area contributed by atoms with E-state index in [1.807, 2.05) is 6.92 Å². The Morgan fingerprint density at radius 1 is 1.59 bits per heavy atom. The summed E-state index contributed by atoms with van der Waals surface area (Å²) in [7, 11) is 0. The monoisotopic (exact) mass is 238 g/mol. The average molecular weight is 238 g/mol. The zero-order valence-electron chi connectivity index (χ0n) is 10.1. The molecule has 94 valence electrons. The van der Waals surface area contributed by atoms with Gasteiger partial charge in [-0.15, -0.1) is 0 Å². The van der Waals surface area contributed by atoms with E-state index < -0.39 is 6.10 Å². The summed E-state index contributed by atoms with van der Waals surface area (Å²) in [5.41, 5.74) is 1.73. The van der Waals surface area contributed by atoms with Crippen LogP contribution in [0.2, 0.25) is 0 Å². The van der Waals surface area contributed by atoms with Gasteiger partial charge in [0.05, 0.1) is 31.3 Å². The SMILES string of the molecule is CCOCC(O)Cn1cnc2c(c1=O)CCC2. The van der Waals surface area contributed by atoms with Crippen LogP contribution in [-0.2, 0) is 24.1 Å². The maximum atomic E-state index is 12.0. The Hall–Kier alpha value is -1.20. The predicted molar refractivity (Wildman–Crippen MR) is 63.0 cm³/mol. The highest BCUT2D eigenvalue weighted by molar-refractivity contribution is 5.21. The van der Waals surface area contributed by atoms with Gasteiger partial charge in [0.25, 0.3) is 5.56 Å². The van der Waals surface area contributed by atoms with E-state index in [1.54, 1.807) is 0 Å². The summed E-state index contributed by atoms with van der Waals surface area (Å²) in [5, 5.41) is 9.69. The first-order chi connectivity index (χ1) is 8.22. The van der Waals surface area contributed by atoms with Gasteiger partial charge in [0, 0.05) is 12.2 Å². The fraction of sp³-hybridized carbons (Fsp3) is 0.667. The van der Waals surface area contributed by atoms with E-state index in [0.29, 0.717) is 6.61 Å². The van der Waals surface area contributed by atoms with Gasteiger partial charge in [0.15, 0.2) is 0 Å². The third-order valence-corrected chi connectivity index (χ3v) is 2.98. The largest absolute Gasteiger partial charge is 0.389 e. The summed E-state index contributed by atoms with van der Waals surface area (Å²) in [6.07, 6.45) is 3.58. The van der Waals surface area contributed by atoms with Gasteiger partial charge in [-0.2, -0.15) is 0 Å². The molecule has 0 saturated heterocycles. The minimum absolute atomic E-state index is 0.0111. The van der Waals surface area contributed by atoms with Gasteiger partial charge in [-0.05, 0) is 26.2 Å². The smallest absolute Gasteiger partial charge is 0.256 e. The number of aliphatic hydroxyl groups is 1. The third kappa shape index (κ3) is 2.73. The van der Waals surface area contributed by atoms with Crippen molar-refractivity contribution in [2.45, 2.75) is 38.8 Å². The summed E-state index contributed by atoms with van der Waals surface area (Å²) in [5.74, 6) is 0. The summed E-state index contributed by atoms with van der Waals surface area (Å²) >= 11 is 0. The van der Waals surface area contributed by atoms with E-state index in [0.717, 1.165) is 30.5 Å². The van der Waals surface area contributed by atoms with Crippen molar-refractivity contribution >= 4 is 0 Å². The molecule has 1 aliphatic rings. The van der Waals surface area contributed by atoms with Crippen molar-refractivity contribution in [3.8, 4) is 0 Å². The minimum Gasteiger partial charge on any atom is -0.389 e. The predicted octanol–water partition coefficient (Wildman–Crippen LogP) is 0.129. The molecule has 0 saturated carbocycles. The molecule has 0 bridgehead atoms. The second-order valence-electron chi connectivity index (χ2n) is 4.29. The van der Waals surface area contributed by atoms with Gasteiger partial charge in [0.1, 0.15) is 0 Å². The molecule has 1 atom stereocenters. The van der Waals surface area contributed by atoms with Crippen molar-refractivity contribution in [3.05, 3.63) is 27.9 Å². The molecule has 1 aliphatic carbocycles. The lowest BCUT2D eigenvalue weighted by Gasteiger charge is -2.12. The molecule has 2 rings (SSSR count). The average Bonchev–Trinajstić information content (AvgIpc) is 2.79. The van der Waals surface area contributed by atoms with Crippen LogP contribution in [0, 0.1) is 0 Å². The second kappa shape index (κ2) is 5.42. The van der Waals surface area contributed by atoms with Crippen molar-refractivity contribution in [2.24, 2.45) is 0 Å². The molecule has 1 aromatic heterocycles. The van der Waals surface area contributed by atoms with E-state index in [4.69, 9.17) is 4.74 Å². The van der Waals surface area contributed by atoms with E-state index in [1.165, 1.54) is 10.9 Å². The van der Waals surface area contributed by atoms with Crippen LogP contribution in [0.25, 0.3) is 0 Å². The highest BCUT2D eigenvalue weighted by atomic mass is 16.5. The minimum atomic E-state index is -0.658. The lowest BCUT2D eigenvalue weighted by Crippen LogP contribution is -2.31. The summed E-state index contributed by atoms with van der Waals surface area (Å²) in [4.78, 5) is 16.3. The fourth-order valence-electron chi connectivity index (χ4n) is 2.13. The molecule has 0 radical (unpaired) electrons. The number of ether oxygens (including phenoxy) is 1. The Labute approximate surface area is 100 Å². The lowest BCUT2D eigenvalue weighted by atomic mass is 10.2. The van der Waals surface area contributed by atoms with Crippen molar-refractivity contribution in [1.29, 1.82) is 0 Å². The van der Waals surface area contributed by atoms with Crippen LogP contribution in [0.5, 0.6) is 0 Å². The number of aromatic nitrogens is 2. The highest BCUT2D eigenvalue weighted by Gasteiger charge is 2.18. The van der Waals surface area contributed by atoms with Crippen molar-refractivity contribution in [3.63, 3.8) is 0 Å². The second-order valence-corrected chi connectivity index (χ2v) is 4.29. The summed E-state index contributed by atoms with van der Waals surface area (Å²) in [6.45, 7) is 2.93. The molecular formula is C12H18N2O3. The maximum absolute atomic E-state index is 12.0. The number of nitrogens with zero attached hydrogens (tertiary/aromatic N) is 2. The van der Waals surface area contributed by atoms with E-state index in [2.05, 4.69) is 4.98 Å². The van der Waals surface area contributed by atoms with Crippen molar-refractivity contribution < 1.29 is 9.84 Å². The van der Waals surface area contributed by atoms with Crippen LogP contribution < -0.4 is 5.56 Å². The first-order valence-corrected chi connectivity index (χ1v) is 6.05. The van der Waals surface area contributed by atoms with E-state index in [-0.39, 0.29) is 18.7 Å². The number of hydrogen-bond acceptors (Lipinski definition) is 4. The number of hydrogen-bond donors (Lipinski definition) is 1. The summed E-state index contributed by atoms with van der Waals surface area (Å²) in [6, 6.07) is 0. The van der Waals surface area contributed by atoms with Crippen LogP contribution in [0.3, 0.4) is 0 Å². The van der Waals surface area contributed by atoms with Gasteiger partial charge in [-0.1, -0.05) is 0 Å². The molecule has 0 aliphatic heterocycles. The topological polar surface area (TPSA) is 64.3 Å². The summed E-state index contributed by atoms with van der Waals surface area (Å²) < 4.78 is 6.59. The first kappa shape index (κ1) is 12.3. The number of fused-ring (bicyclic) bond motifs is 1. The zero-order valence-corrected chi connectivity index (χ0v) is 10.1. The molecule has 1 heterocycles. The standard InChI is InChI=1S/C12H18N2O3/c1-2-17-7-9(15)6-14-8-13-11-5-3-4-10(11)12(14)16/h8-9,15H,2-7H2,1H3. The Bertz CT molecular complexity index is 442. The Morgan fingerprint density at radius 3 is 3.18 bits per heavy atom. The first-order valence-electron chi connectivity index (χ1n) is 6.05. The highest BCUT2D eigenvalue weighted by Crippen LogP contribution is 2.14. The fourth-order valence-corrected chi connectivity index (χ4v) is 2.13. The van der Waals surface area contributed by atoms with Crippen LogP contribution in [0.4, 0.5) is 0 Å². The van der Waals surface area contributed by atoms with E-state index >= 15 is 0 Å². The van der Waals surface area contributed by atoms with Crippen LogP contribution >= 0.6 is 0 Å². The molecule has 0 amide bonds. The molecule has 5 heteroatoms. The maximum Gasteiger partial charge on any atom is 0.256 e. The normalized spacial score (nSPS) is 15.9. The Kier molecular flexibility index (Phi) is 3.91. The zero-order chi connectivity index (χ0) is 12.3. The Morgan fingerprint density at radius 2 is 2.41 bits per heavy atom. The number of aryl methyl sites for hydroxylation is 1. The molecule has 1 N–H and O–H groups in total. The van der Waals surface area contributed by atoms with Gasteiger partial charge in [-0.3, -0.25) is 9.36 Å². The molecule has 0 aromatic carbocycles. The Balaban J connectivity index is 2.09. The quantitative estimate of drug-likeness (QED) is 0.792. The molecule has 17 heavy (non-hydrogen) atoms. The molecule has 0 spiro atoms. The number of rotatable bonds is 5. The molecule has 1 unspecified atom stereocenters. The van der Waals surface area contributed by atoms with Gasteiger partial charge < -0.3 is 9.84 Å². The van der Waals surface area contributed by atoms with Crippen LogP contribution in [0.1, 0.15) is 24.6 Å². The van der Waals surface area contributed by atoms with Crippen molar-refractivity contribution in [2.75, 3.05) is 13.2 Å². The number of aliphatic hydroxyl groups excluding tert-OH is 1. The molecule has 5 nitrogen and oxygen atoms in total. The van der Waals surface area contributed by atoms with Crippen molar-refractivity contribution in [1.82, 2.24) is 9.55 Å². The molecular weight excluding hydrogens is 220 g/mol. The van der Waals surface area contributed by atoms with Crippen LogP contribution in [-0.4, -0.2) is 34.0 Å². The van der Waals surface area contributed by atoms with E-state index in [9.17, 15) is 9.90 Å². The third-order valence-electron chi connectivity index (χ3n) is 2.98. The molecule has 1 aromatic rings. The van der Waals surface area contributed by atoms with Gasteiger partial charge in [0.2, 0.25) is 0 Å². The van der Waals surface area contributed by atoms with Gasteiger partial charge >= 0.3 is 0 Å².